The number of pyridine rings is 1. The molecule has 8 nitrogen and oxygen atoms in total. The van der Waals surface area contributed by atoms with Gasteiger partial charge in [-0.1, -0.05) is 23.2 Å². The molecule has 3 aromatic heterocycles. The van der Waals surface area contributed by atoms with Crippen molar-refractivity contribution in [3.63, 3.8) is 0 Å². The molecule has 0 amide bonds. The van der Waals surface area contributed by atoms with Crippen LogP contribution in [-0.2, 0) is 0 Å². The second-order valence-electron chi connectivity index (χ2n) is 9.08. The number of hydrogen-bond donors (Lipinski definition) is 1. The molecule has 176 valence electrons. The van der Waals surface area contributed by atoms with Gasteiger partial charge in [0.05, 0.1) is 21.1 Å². The van der Waals surface area contributed by atoms with Crippen LogP contribution in [0.1, 0.15) is 25.5 Å². The van der Waals surface area contributed by atoms with E-state index in [-0.39, 0.29) is 11.6 Å². The monoisotopic (exact) mass is 497 g/mol. The third kappa shape index (κ3) is 4.06. The van der Waals surface area contributed by atoms with Crippen LogP contribution in [0.4, 0.5) is 5.95 Å². The first-order valence-electron chi connectivity index (χ1n) is 10.9. The van der Waals surface area contributed by atoms with Gasteiger partial charge in [0.2, 0.25) is 5.95 Å². The van der Waals surface area contributed by atoms with Crippen LogP contribution in [0.5, 0.6) is 5.75 Å². The summed E-state index contributed by atoms with van der Waals surface area (Å²) >= 11 is 12.6. The van der Waals surface area contributed by atoms with E-state index in [2.05, 4.69) is 56.0 Å². The molecule has 0 unspecified atom stereocenters. The Morgan fingerprint density at radius 2 is 1.76 bits per heavy atom. The number of aromatic amines is 1. The zero-order valence-corrected chi connectivity index (χ0v) is 20.9. The lowest BCUT2D eigenvalue weighted by Crippen LogP contribution is -2.67. The Morgan fingerprint density at radius 1 is 1.09 bits per heavy atom. The van der Waals surface area contributed by atoms with E-state index >= 15 is 0 Å². The highest BCUT2D eigenvalue weighted by Gasteiger charge is 2.41. The molecule has 1 aliphatic heterocycles. The lowest BCUT2D eigenvalue weighted by Gasteiger charge is -2.51. The van der Waals surface area contributed by atoms with E-state index < -0.39 is 0 Å². The van der Waals surface area contributed by atoms with E-state index in [4.69, 9.17) is 27.9 Å². The molecule has 1 saturated heterocycles. The van der Waals surface area contributed by atoms with E-state index in [1.54, 1.807) is 12.4 Å². The highest BCUT2D eigenvalue weighted by Crippen LogP contribution is 2.35. The SMILES string of the molecule is C[C@@H](Oc1ccc2[nH]nc(-c3cnc(N4CC(C)(N(C)C)C4)nc3)c2c1)c1c(Cl)cncc1Cl. The highest BCUT2D eigenvalue weighted by molar-refractivity contribution is 6.35. The van der Waals surface area contributed by atoms with Gasteiger partial charge in [-0.3, -0.25) is 10.1 Å². The van der Waals surface area contributed by atoms with Crippen LogP contribution < -0.4 is 9.64 Å². The average molecular weight is 498 g/mol. The summed E-state index contributed by atoms with van der Waals surface area (Å²) < 4.78 is 6.16. The molecule has 1 N–H and O–H groups in total. The van der Waals surface area contributed by atoms with Crippen molar-refractivity contribution in [2.24, 2.45) is 0 Å². The van der Waals surface area contributed by atoms with Crippen molar-refractivity contribution in [3.8, 4) is 17.0 Å². The van der Waals surface area contributed by atoms with Gasteiger partial charge in [0.1, 0.15) is 17.5 Å². The van der Waals surface area contributed by atoms with Crippen molar-refractivity contribution < 1.29 is 4.74 Å². The second kappa shape index (κ2) is 8.69. The minimum Gasteiger partial charge on any atom is -0.486 e. The molecule has 1 atom stereocenters. The normalized spacial score (nSPS) is 16.0. The second-order valence-corrected chi connectivity index (χ2v) is 9.89. The summed E-state index contributed by atoms with van der Waals surface area (Å²) in [7, 11) is 4.20. The summed E-state index contributed by atoms with van der Waals surface area (Å²) in [6.45, 7) is 5.94. The predicted octanol–water partition coefficient (Wildman–Crippen LogP) is 5.00. The molecule has 4 aromatic rings. The van der Waals surface area contributed by atoms with E-state index in [1.165, 1.54) is 0 Å². The van der Waals surface area contributed by atoms with E-state index in [0.29, 0.717) is 21.4 Å². The number of fused-ring (bicyclic) bond motifs is 1. The Labute approximate surface area is 207 Å². The topological polar surface area (TPSA) is 83.1 Å². The van der Waals surface area contributed by atoms with Crippen LogP contribution in [0, 0.1) is 0 Å². The summed E-state index contributed by atoms with van der Waals surface area (Å²) in [5.74, 6) is 1.40. The van der Waals surface area contributed by atoms with E-state index in [1.807, 2.05) is 37.5 Å². The summed E-state index contributed by atoms with van der Waals surface area (Å²) in [6.07, 6.45) is 6.39. The molecule has 34 heavy (non-hydrogen) atoms. The first-order chi connectivity index (χ1) is 16.2. The molecular weight excluding hydrogens is 473 g/mol. The molecule has 0 bridgehead atoms. The van der Waals surface area contributed by atoms with Gasteiger partial charge >= 0.3 is 0 Å². The predicted molar refractivity (Wildman–Crippen MR) is 135 cm³/mol. The van der Waals surface area contributed by atoms with E-state index in [9.17, 15) is 0 Å². The minimum atomic E-state index is -0.359. The number of nitrogens with zero attached hydrogens (tertiary/aromatic N) is 6. The van der Waals surface area contributed by atoms with Crippen molar-refractivity contribution in [1.29, 1.82) is 0 Å². The Bertz CT molecular complexity index is 1310. The number of ether oxygens (including phenoxy) is 1. The van der Waals surface area contributed by atoms with Crippen molar-refractivity contribution in [2.45, 2.75) is 25.5 Å². The standard InChI is InChI=1S/C24H25Cl2N7O/c1-14(21-18(25)10-27-11-19(21)26)34-16-5-6-20-17(7-16)22(31-30-20)15-8-28-23(29-9-15)33-12-24(2,13-33)32(3)4/h5-11,14H,12-13H2,1-4H3,(H,30,31)/t14-/m1/s1. The van der Waals surface area contributed by atoms with Crippen LogP contribution >= 0.6 is 23.2 Å². The fourth-order valence-corrected chi connectivity index (χ4v) is 4.84. The first-order valence-corrected chi connectivity index (χ1v) is 11.7. The number of H-pyrrole nitrogens is 1. The quantitative estimate of drug-likeness (QED) is 0.401. The van der Waals surface area contributed by atoms with Crippen LogP contribution in [0.2, 0.25) is 10.0 Å². The zero-order valence-electron chi connectivity index (χ0n) is 19.4. The van der Waals surface area contributed by atoms with Gasteiger partial charge in [-0.25, -0.2) is 9.97 Å². The number of likely N-dealkylation sites (N-methyl/N-ethyl adjacent to an activating group) is 1. The van der Waals surface area contributed by atoms with Gasteiger partial charge in [-0.15, -0.1) is 0 Å². The van der Waals surface area contributed by atoms with Crippen LogP contribution in [0.3, 0.4) is 0 Å². The Kier molecular flexibility index (Phi) is 5.83. The van der Waals surface area contributed by atoms with Crippen LogP contribution in [0.25, 0.3) is 22.2 Å². The van der Waals surface area contributed by atoms with Crippen molar-refractivity contribution in [3.05, 3.63) is 58.6 Å². The lowest BCUT2D eigenvalue weighted by molar-refractivity contribution is 0.132. The zero-order chi connectivity index (χ0) is 24.0. The third-order valence-electron chi connectivity index (χ3n) is 6.48. The number of hydrogen-bond acceptors (Lipinski definition) is 7. The maximum absolute atomic E-state index is 6.29. The van der Waals surface area contributed by atoms with Gasteiger partial charge in [-0.2, -0.15) is 5.10 Å². The molecule has 1 aromatic carbocycles. The molecule has 0 saturated carbocycles. The number of rotatable bonds is 6. The minimum absolute atomic E-state index is 0.151. The molecule has 4 heterocycles. The number of aromatic nitrogens is 5. The van der Waals surface area contributed by atoms with Crippen LogP contribution in [-0.4, -0.2) is 62.8 Å². The molecule has 1 fully saturated rings. The Hall–Kier alpha value is -2.94. The first kappa shape index (κ1) is 22.8. The summed E-state index contributed by atoms with van der Waals surface area (Å²) in [6, 6.07) is 5.76. The highest BCUT2D eigenvalue weighted by atomic mass is 35.5. The van der Waals surface area contributed by atoms with Gasteiger partial charge in [0.15, 0.2) is 0 Å². The molecular formula is C24H25Cl2N7O. The van der Waals surface area contributed by atoms with Gasteiger partial charge in [0.25, 0.3) is 0 Å². The van der Waals surface area contributed by atoms with E-state index in [0.717, 1.165) is 41.2 Å². The Morgan fingerprint density at radius 3 is 2.41 bits per heavy atom. The summed E-state index contributed by atoms with van der Waals surface area (Å²) in [5, 5.41) is 9.42. The molecule has 0 radical (unpaired) electrons. The molecule has 5 rings (SSSR count). The maximum Gasteiger partial charge on any atom is 0.225 e. The van der Waals surface area contributed by atoms with Gasteiger partial charge in [0, 0.05) is 54.4 Å². The van der Waals surface area contributed by atoms with Crippen molar-refractivity contribution >= 4 is 40.1 Å². The van der Waals surface area contributed by atoms with Crippen LogP contribution in [0.15, 0.2) is 43.0 Å². The number of nitrogens with one attached hydrogen (secondary N) is 1. The van der Waals surface area contributed by atoms with Crippen molar-refractivity contribution in [2.75, 3.05) is 32.1 Å². The third-order valence-corrected chi connectivity index (χ3v) is 7.08. The molecule has 0 spiro atoms. The average Bonchev–Trinajstić information content (AvgIpc) is 3.20. The fourth-order valence-electron chi connectivity index (χ4n) is 4.17. The largest absolute Gasteiger partial charge is 0.486 e. The molecule has 10 heteroatoms. The van der Waals surface area contributed by atoms with Gasteiger partial charge < -0.3 is 14.5 Å². The fraction of sp³-hybridized carbons (Fsp3) is 0.333. The van der Waals surface area contributed by atoms with Crippen molar-refractivity contribution in [1.82, 2.24) is 30.0 Å². The maximum atomic E-state index is 6.29. The Balaban J connectivity index is 1.37. The molecule has 1 aliphatic rings. The lowest BCUT2D eigenvalue weighted by atomic mass is 9.91. The smallest absolute Gasteiger partial charge is 0.225 e. The van der Waals surface area contributed by atoms with Gasteiger partial charge in [-0.05, 0) is 46.1 Å². The summed E-state index contributed by atoms with van der Waals surface area (Å²) in [5.41, 5.74) is 3.34. The molecule has 0 aliphatic carbocycles. The number of anilines is 1. The summed E-state index contributed by atoms with van der Waals surface area (Å²) in [4.78, 5) is 17.6. The number of benzene rings is 1. The number of halogens is 2.